The molecule has 136 valence electrons. The van der Waals surface area contributed by atoms with E-state index in [4.69, 9.17) is 0 Å². The molecule has 0 saturated heterocycles. The van der Waals surface area contributed by atoms with Gasteiger partial charge in [-0.15, -0.1) is 10.2 Å². The normalized spacial score (nSPS) is 14.0. The van der Waals surface area contributed by atoms with Crippen LogP contribution < -0.4 is 5.32 Å². The maximum atomic E-state index is 11.9. The minimum absolute atomic E-state index is 0.0000530. The van der Waals surface area contributed by atoms with E-state index >= 15 is 0 Å². The highest BCUT2D eigenvalue weighted by atomic mass is 16.6. The second-order valence-corrected chi connectivity index (χ2v) is 6.22. The molecule has 1 aliphatic rings. The molecule has 26 heavy (non-hydrogen) atoms. The first-order valence-electron chi connectivity index (χ1n) is 8.75. The lowest BCUT2D eigenvalue weighted by atomic mass is 10.2. The average molecular weight is 355 g/mol. The van der Waals surface area contributed by atoms with Crippen LogP contribution in [0.25, 0.3) is 6.08 Å². The van der Waals surface area contributed by atoms with Crippen LogP contribution in [0, 0.1) is 10.1 Å². The van der Waals surface area contributed by atoms with Crippen molar-refractivity contribution in [2.45, 2.75) is 38.6 Å². The Morgan fingerprint density at radius 3 is 3.04 bits per heavy atom. The number of non-ortho nitro benzene ring substituents is 1. The molecule has 8 heteroatoms. The summed E-state index contributed by atoms with van der Waals surface area (Å²) in [5.41, 5.74) is 0.609. The van der Waals surface area contributed by atoms with Crippen LogP contribution in [-0.2, 0) is 24.2 Å². The number of nitrogens with zero attached hydrogens (tertiary/aromatic N) is 4. The van der Waals surface area contributed by atoms with Crippen LogP contribution in [0.15, 0.2) is 30.3 Å². The number of rotatable bonds is 6. The van der Waals surface area contributed by atoms with Gasteiger partial charge in [0.2, 0.25) is 5.91 Å². The standard InChI is InChI=1S/C18H21N5O3/c24-18(9-8-14-5-4-6-15(13-14)23(25)26)19-11-10-17-21-20-16-7-2-1-3-12-22(16)17/h4-6,8-9,13H,1-3,7,10-12H2,(H,19,24)/b9-8+. The van der Waals surface area contributed by atoms with E-state index in [9.17, 15) is 14.9 Å². The molecular formula is C18H21N5O3. The number of nitro benzene ring substituents is 1. The number of carbonyl (C=O) groups excluding carboxylic acids is 1. The summed E-state index contributed by atoms with van der Waals surface area (Å²) in [7, 11) is 0. The van der Waals surface area contributed by atoms with Crippen LogP contribution in [0.2, 0.25) is 0 Å². The van der Waals surface area contributed by atoms with E-state index < -0.39 is 4.92 Å². The number of carbonyl (C=O) groups is 1. The maximum Gasteiger partial charge on any atom is 0.270 e. The van der Waals surface area contributed by atoms with E-state index in [1.807, 2.05) is 0 Å². The van der Waals surface area contributed by atoms with E-state index in [-0.39, 0.29) is 11.6 Å². The summed E-state index contributed by atoms with van der Waals surface area (Å²) in [6, 6.07) is 6.14. The van der Waals surface area contributed by atoms with Gasteiger partial charge in [0, 0.05) is 44.1 Å². The molecule has 0 atom stereocenters. The van der Waals surface area contributed by atoms with Crippen molar-refractivity contribution in [3.63, 3.8) is 0 Å². The highest BCUT2D eigenvalue weighted by Crippen LogP contribution is 2.15. The van der Waals surface area contributed by atoms with Gasteiger partial charge in [0.25, 0.3) is 5.69 Å². The van der Waals surface area contributed by atoms with Gasteiger partial charge in [0.15, 0.2) is 0 Å². The Balaban J connectivity index is 1.51. The number of aryl methyl sites for hydroxylation is 1. The predicted molar refractivity (Wildman–Crippen MR) is 96.4 cm³/mol. The second kappa shape index (κ2) is 8.37. The molecule has 1 aromatic heterocycles. The third kappa shape index (κ3) is 4.53. The molecule has 0 spiro atoms. The van der Waals surface area contributed by atoms with Gasteiger partial charge in [-0.05, 0) is 24.5 Å². The molecular weight excluding hydrogens is 334 g/mol. The fourth-order valence-corrected chi connectivity index (χ4v) is 3.00. The molecule has 0 unspecified atom stereocenters. The van der Waals surface area contributed by atoms with Crippen molar-refractivity contribution < 1.29 is 9.72 Å². The lowest BCUT2D eigenvalue weighted by Gasteiger charge is -2.07. The Labute approximate surface area is 151 Å². The highest BCUT2D eigenvalue weighted by Gasteiger charge is 2.14. The van der Waals surface area contributed by atoms with Gasteiger partial charge in [-0.2, -0.15) is 0 Å². The maximum absolute atomic E-state index is 11.9. The van der Waals surface area contributed by atoms with Gasteiger partial charge in [-0.1, -0.05) is 18.6 Å². The van der Waals surface area contributed by atoms with Crippen molar-refractivity contribution in [3.8, 4) is 0 Å². The number of aromatic nitrogens is 3. The third-order valence-corrected chi connectivity index (χ3v) is 4.34. The Kier molecular flexibility index (Phi) is 5.73. The van der Waals surface area contributed by atoms with Crippen molar-refractivity contribution in [2.75, 3.05) is 6.54 Å². The molecule has 3 rings (SSSR count). The average Bonchev–Trinajstić information content (AvgIpc) is 2.87. The van der Waals surface area contributed by atoms with Crippen molar-refractivity contribution in [2.24, 2.45) is 0 Å². The van der Waals surface area contributed by atoms with Crippen LogP contribution in [0.5, 0.6) is 0 Å². The lowest BCUT2D eigenvalue weighted by Crippen LogP contribution is -2.24. The first-order chi connectivity index (χ1) is 12.6. The highest BCUT2D eigenvalue weighted by molar-refractivity contribution is 5.91. The lowest BCUT2D eigenvalue weighted by molar-refractivity contribution is -0.384. The number of nitrogens with one attached hydrogen (secondary N) is 1. The summed E-state index contributed by atoms with van der Waals surface area (Å²) in [6.07, 6.45) is 8.03. The third-order valence-electron chi connectivity index (χ3n) is 4.34. The predicted octanol–water partition coefficient (Wildman–Crippen LogP) is 2.28. The number of benzene rings is 1. The molecule has 0 aliphatic carbocycles. The fraction of sp³-hybridized carbons (Fsp3) is 0.389. The summed E-state index contributed by atoms with van der Waals surface area (Å²) >= 11 is 0. The topological polar surface area (TPSA) is 103 Å². The molecule has 1 amide bonds. The summed E-state index contributed by atoms with van der Waals surface area (Å²) in [4.78, 5) is 22.2. The van der Waals surface area contributed by atoms with Crippen LogP contribution in [0.3, 0.4) is 0 Å². The molecule has 2 heterocycles. The minimum atomic E-state index is -0.459. The Hall–Kier alpha value is -3.03. The van der Waals surface area contributed by atoms with Crippen molar-refractivity contribution in [3.05, 3.63) is 57.7 Å². The number of nitro groups is 1. The van der Waals surface area contributed by atoms with E-state index in [1.54, 1.807) is 18.2 Å². The van der Waals surface area contributed by atoms with Gasteiger partial charge < -0.3 is 9.88 Å². The summed E-state index contributed by atoms with van der Waals surface area (Å²) < 4.78 is 2.16. The zero-order chi connectivity index (χ0) is 18.4. The molecule has 0 saturated carbocycles. The van der Waals surface area contributed by atoms with E-state index in [1.165, 1.54) is 24.6 Å². The van der Waals surface area contributed by atoms with Gasteiger partial charge in [0.1, 0.15) is 11.6 Å². The monoisotopic (exact) mass is 355 g/mol. The fourth-order valence-electron chi connectivity index (χ4n) is 3.00. The molecule has 0 bridgehead atoms. The summed E-state index contributed by atoms with van der Waals surface area (Å²) in [5, 5.41) is 22.0. The molecule has 2 aromatic rings. The number of amides is 1. The molecule has 1 aliphatic heterocycles. The largest absolute Gasteiger partial charge is 0.352 e. The van der Waals surface area contributed by atoms with Gasteiger partial charge in [-0.25, -0.2) is 0 Å². The number of hydrogen-bond donors (Lipinski definition) is 1. The number of hydrogen-bond acceptors (Lipinski definition) is 5. The molecule has 8 nitrogen and oxygen atoms in total. The quantitative estimate of drug-likeness (QED) is 0.486. The zero-order valence-electron chi connectivity index (χ0n) is 14.4. The molecule has 0 radical (unpaired) electrons. The molecule has 0 fully saturated rings. The molecule has 1 aromatic carbocycles. The van der Waals surface area contributed by atoms with E-state index in [0.29, 0.717) is 18.5 Å². The van der Waals surface area contributed by atoms with E-state index in [0.717, 1.165) is 37.5 Å². The van der Waals surface area contributed by atoms with Crippen LogP contribution in [0.1, 0.15) is 36.5 Å². The Bertz CT molecular complexity index is 828. The Morgan fingerprint density at radius 1 is 1.31 bits per heavy atom. The number of fused-ring (bicyclic) bond motifs is 1. The van der Waals surface area contributed by atoms with Crippen molar-refractivity contribution in [1.29, 1.82) is 0 Å². The first-order valence-corrected chi connectivity index (χ1v) is 8.75. The minimum Gasteiger partial charge on any atom is -0.352 e. The van der Waals surface area contributed by atoms with Gasteiger partial charge in [0.05, 0.1) is 4.92 Å². The van der Waals surface area contributed by atoms with Gasteiger partial charge >= 0.3 is 0 Å². The summed E-state index contributed by atoms with van der Waals surface area (Å²) in [5.74, 6) is 1.70. The summed E-state index contributed by atoms with van der Waals surface area (Å²) in [6.45, 7) is 1.41. The molecule has 1 N–H and O–H groups in total. The van der Waals surface area contributed by atoms with Crippen molar-refractivity contribution in [1.82, 2.24) is 20.1 Å². The second-order valence-electron chi connectivity index (χ2n) is 6.22. The SMILES string of the molecule is O=C(/C=C/c1cccc([N+](=O)[O-])c1)NCCc1nnc2n1CCCCC2. The Morgan fingerprint density at radius 2 is 2.19 bits per heavy atom. The first kappa shape index (κ1) is 17.8. The van der Waals surface area contributed by atoms with Crippen LogP contribution in [0.4, 0.5) is 5.69 Å². The smallest absolute Gasteiger partial charge is 0.270 e. The van der Waals surface area contributed by atoms with Crippen LogP contribution >= 0.6 is 0 Å². The van der Waals surface area contributed by atoms with E-state index in [2.05, 4.69) is 20.1 Å². The van der Waals surface area contributed by atoms with Gasteiger partial charge in [-0.3, -0.25) is 14.9 Å². The van der Waals surface area contributed by atoms with Crippen LogP contribution in [-0.4, -0.2) is 32.1 Å². The zero-order valence-corrected chi connectivity index (χ0v) is 14.4. The van der Waals surface area contributed by atoms with Crippen molar-refractivity contribution >= 4 is 17.7 Å².